The number of carbonyl (C=O) groups is 1. The molecule has 0 unspecified atom stereocenters. The molecule has 0 amide bonds. The molecule has 0 radical (unpaired) electrons. The van der Waals surface area contributed by atoms with Crippen LogP contribution in [0.3, 0.4) is 0 Å². The van der Waals surface area contributed by atoms with Gasteiger partial charge in [-0.2, -0.15) is 0 Å². The molecule has 0 bridgehead atoms. The molecule has 1 aromatic rings. The molecule has 1 aromatic carbocycles. The first-order chi connectivity index (χ1) is 10.2. The zero-order valence-electron chi connectivity index (χ0n) is 14.3. The molecule has 22 heavy (non-hydrogen) atoms. The van der Waals surface area contributed by atoms with Gasteiger partial charge in [-0.15, -0.1) is 0 Å². The van der Waals surface area contributed by atoms with Crippen molar-refractivity contribution in [1.29, 1.82) is 0 Å². The molecular weight excluding hydrogens is 274 g/mol. The monoisotopic (exact) mass is 301 g/mol. The fourth-order valence-electron chi connectivity index (χ4n) is 3.29. The Balaban J connectivity index is 1.99. The van der Waals surface area contributed by atoms with Gasteiger partial charge in [0.2, 0.25) is 0 Å². The molecule has 1 aliphatic rings. The van der Waals surface area contributed by atoms with Crippen LogP contribution in [0.2, 0.25) is 0 Å². The van der Waals surface area contributed by atoms with E-state index in [0.29, 0.717) is 0 Å². The lowest BCUT2D eigenvalue weighted by atomic mass is 9.79. The topological polar surface area (TPSA) is 29.5 Å². The van der Waals surface area contributed by atoms with E-state index in [1.54, 1.807) is 6.08 Å². The summed E-state index contributed by atoms with van der Waals surface area (Å²) in [6.07, 6.45) is 5.01. The average molecular weight is 301 g/mol. The Kier molecular flexibility index (Phi) is 4.76. The summed E-state index contributed by atoms with van der Waals surface area (Å²) in [7, 11) is 2.15. The molecular formula is C19H27NO2. The van der Waals surface area contributed by atoms with E-state index < -0.39 is 0 Å². The van der Waals surface area contributed by atoms with E-state index in [2.05, 4.69) is 39.6 Å². The summed E-state index contributed by atoms with van der Waals surface area (Å²) in [5.41, 5.74) is 1.05. The molecule has 0 aliphatic carbocycles. The third kappa shape index (κ3) is 3.98. The van der Waals surface area contributed by atoms with Crippen molar-refractivity contribution in [1.82, 2.24) is 4.90 Å². The first-order valence-corrected chi connectivity index (χ1v) is 7.88. The van der Waals surface area contributed by atoms with Crippen LogP contribution in [-0.4, -0.2) is 35.1 Å². The summed E-state index contributed by atoms with van der Waals surface area (Å²) in [5, 5.41) is 0. The Morgan fingerprint density at radius 3 is 2.23 bits per heavy atom. The van der Waals surface area contributed by atoms with Gasteiger partial charge >= 0.3 is 5.97 Å². The van der Waals surface area contributed by atoms with Gasteiger partial charge in [-0.1, -0.05) is 30.3 Å². The van der Waals surface area contributed by atoms with Crippen LogP contribution in [0.5, 0.6) is 0 Å². The SMILES string of the molecule is CN1C(C)(C)CC(OC(=O)/C=C/c2ccccc2)CC1(C)C. The van der Waals surface area contributed by atoms with E-state index in [-0.39, 0.29) is 23.2 Å². The molecule has 0 atom stereocenters. The van der Waals surface area contributed by atoms with Gasteiger partial charge in [0.05, 0.1) is 0 Å². The van der Waals surface area contributed by atoms with E-state index in [9.17, 15) is 4.79 Å². The Labute approximate surface area is 134 Å². The summed E-state index contributed by atoms with van der Waals surface area (Å²) >= 11 is 0. The minimum Gasteiger partial charge on any atom is -0.459 e. The molecule has 1 fully saturated rings. The number of likely N-dealkylation sites (tertiary alicyclic amines) is 1. The number of ether oxygens (including phenoxy) is 1. The van der Waals surface area contributed by atoms with Crippen molar-refractivity contribution in [2.24, 2.45) is 0 Å². The molecule has 1 saturated heterocycles. The maximum atomic E-state index is 12.1. The maximum absolute atomic E-state index is 12.1. The fourth-order valence-corrected chi connectivity index (χ4v) is 3.29. The smallest absolute Gasteiger partial charge is 0.331 e. The highest BCUT2D eigenvalue weighted by Gasteiger charge is 2.44. The van der Waals surface area contributed by atoms with Gasteiger partial charge in [0.15, 0.2) is 0 Å². The number of piperidine rings is 1. The number of hydrogen-bond acceptors (Lipinski definition) is 3. The van der Waals surface area contributed by atoms with Crippen molar-refractivity contribution < 1.29 is 9.53 Å². The summed E-state index contributed by atoms with van der Waals surface area (Å²) in [5.74, 6) is -0.259. The van der Waals surface area contributed by atoms with Gasteiger partial charge in [0, 0.05) is 30.0 Å². The molecule has 1 aliphatic heterocycles. The Morgan fingerprint density at radius 1 is 1.14 bits per heavy atom. The van der Waals surface area contributed by atoms with Crippen molar-refractivity contribution in [2.45, 2.75) is 57.7 Å². The van der Waals surface area contributed by atoms with Gasteiger partial charge in [0.25, 0.3) is 0 Å². The second-order valence-corrected chi connectivity index (χ2v) is 7.40. The average Bonchev–Trinajstić information content (AvgIpc) is 2.43. The number of benzene rings is 1. The second-order valence-electron chi connectivity index (χ2n) is 7.40. The highest BCUT2D eigenvalue weighted by atomic mass is 16.5. The van der Waals surface area contributed by atoms with E-state index in [0.717, 1.165) is 18.4 Å². The standard InChI is InChI=1S/C19H27NO2/c1-18(2)13-16(14-19(3,4)20(18)5)22-17(21)12-11-15-9-7-6-8-10-15/h6-12,16H,13-14H2,1-5H3/b12-11+. The zero-order valence-corrected chi connectivity index (χ0v) is 14.3. The summed E-state index contributed by atoms with van der Waals surface area (Å²) < 4.78 is 5.68. The molecule has 0 N–H and O–H groups in total. The van der Waals surface area contributed by atoms with Crippen LogP contribution in [0.25, 0.3) is 6.08 Å². The van der Waals surface area contributed by atoms with E-state index in [1.807, 2.05) is 30.3 Å². The molecule has 0 saturated carbocycles. The fraction of sp³-hybridized carbons (Fsp3) is 0.526. The van der Waals surface area contributed by atoms with E-state index >= 15 is 0 Å². The zero-order chi connectivity index (χ0) is 16.4. The van der Waals surface area contributed by atoms with Crippen LogP contribution < -0.4 is 0 Å². The van der Waals surface area contributed by atoms with Gasteiger partial charge in [0.1, 0.15) is 6.10 Å². The minimum atomic E-state index is -0.259. The molecule has 3 heteroatoms. The van der Waals surface area contributed by atoms with Crippen LogP contribution in [-0.2, 0) is 9.53 Å². The van der Waals surface area contributed by atoms with Crippen molar-refractivity contribution in [3.8, 4) is 0 Å². The van der Waals surface area contributed by atoms with Crippen molar-refractivity contribution >= 4 is 12.0 Å². The van der Waals surface area contributed by atoms with Crippen molar-refractivity contribution in [3.05, 3.63) is 42.0 Å². The van der Waals surface area contributed by atoms with Crippen LogP contribution >= 0.6 is 0 Å². The summed E-state index contributed by atoms with van der Waals surface area (Å²) in [4.78, 5) is 14.4. The number of rotatable bonds is 3. The van der Waals surface area contributed by atoms with E-state index in [1.165, 1.54) is 6.08 Å². The molecule has 0 aromatic heterocycles. The van der Waals surface area contributed by atoms with Gasteiger partial charge in [-0.25, -0.2) is 4.79 Å². The Hall–Kier alpha value is -1.61. The molecule has 2 rings (SSSR count). The number of esters is 1. The third-order valence-electron chi connectivity index (χ3n) is 4.76. The highest BCUT2D eigenvalue weighted by molar-refractivity contribution is 5.87. The van der Waals surface area contributed by atoms with Gasteiger partial charge in [-0.05, 0) is 46.4 Å². The van der Waals surface area contributed by atoms with E-state index in [4.69, 9.17) is 4.74 Å². The largest absolute Gasteiger partial charge is 0.459 e. The predicted octanol–water partition coefficient (Wildman–Crippen LogP) is 3.89. The molecule has 3 nitrogen and oxygen atoms in total. The van der Waals surface area contributed by atoms with Crippen LogP contribution in [0.4, 0.5) is 0 Å². The van der Waals surface area contributed by atoms with Gasteiger partial charge < -0.3 is 4.74 Å². The third-order valence-corrected chi connectivity index (χ3v) is 4.76. The minimum absolute atomic E-state index is 0.0237. The predicted molar refractivity (Wildman–Crippen MR) is 90.5 cm³/mol. The highest BCUT2D eigenvalue weighted by Crippen LogP contribution is 2.38. The lowest BCUT2D eigenvalue weighted by Crippen LogP contribution is -2.60. The lowest BCUT2D eigenvalue weighted by molar-refractivity contribution is -0.152. The Morgan fingerprint density at radius 2 is 1.68 bits per heavy atom. The van der Waals surface area contributed by atoms with Crippen LogP contribution in [0.15, 0.2) is 36.4 Å². The van der Waals surface area contributed by atoms with Crippen LogP contribution in [0, 0.1) is 0 Å². The number of hydrogen-bond donors (Lipinski definition) is 0. The normalized spacial score (nSPS) is 21.9. The van der Waals surface area contributed by atoms with Crippen LogP contribution in [0.1, 0.15) is 46.1 Å². The first kappa shape index (κ1) is 16.8. The molecule has 1 heterocycles. The molecule has 120 valence electrons. The maximum Gasteiger partial charge on any atom is 0.331 e. The first-order valence-electron chi connectivity index (χ1n) is 7.88. The second kappa shape index (κ2) is 6.25. The molecule has 0 spiro atoms. The lowest BCUT2D eigenvalue weighted by Gasteiger charge is -2.53. The van der Waals surface area contributed by atoms with Crippen molar-refractivity contribution in [2.75, 3.05) is 7.05 Å². The number of nitrogens with zero attached hydrogens (tertiary/aromatic N) is 1. The summed E-state index contributed by atoms with van der Waals surface area (Å²) in [6.45, 7) is 8.81. The Bertz CT molecular complexity index is 528. The quantitative estimate of drug-likeness (QED) is 0.626. The van der Waals surface area contributed by atoms with Crippen molar-refractivity contribution in [3.63, 3.8) is 0 Å². The summed E-state index contributed by atoms with van der Waals surface area (Å²) in [6, 6.07) is 9.79. The van der Waals surface area contributed by atoms with Gasteiger partial charge in [-0.3, -0.25) is 4.90 Å². The number of carbonyl (C=O) groups excluding carboxylic acids is 1.